The molecule has 3 rings (SSSR count). The molecule has 1 aromatic heterocycles. The quantitative estimate of drug-likeness (QED) is 0.828. The summed E-state index contributed by atoms with van der Waals surface area (Å²) in [5.74, 6) is -1.02. The first-order valence-corrected chi connectivity index (χ1v) is 8.49. The number of rotatable bonds is 5. The van der Waals surface area contributed by atoms with E-state index in [1.165, 1.54) is 19.2 Å². The molecule has 1 aromatic carbocycles. The molecule has 1 N–H and O–H groups in total. The second-order valence-corrected chi connectivity index (χ2v) is 5.90. The number of amides is 1. The molecule has 0 radical (unpaired) electrons. The lowest BCUT2D eigenvalue weighted by molar-refractivity contribution is -0.123. The van der Waals surface area contributed by atoms with Gasteiger partial charge in [0.2, 0.25) is 0 Å². The van der Waals surface area contributed by atoms with Crippen LogP contribution >= 0.6 is 0 Å². The zero-order valence-electron chi connectivity index (χ0n) is 14.6. The number of aromatic nitrogens is 1. The lowest BCUT2D eigenvalue weighted by Gasteiger charge is -2.28. The molecular formula is C19H21N3O4. The zero-order chi connectivity index (χ0) is 18.4. The van der Waals surface area contributed by atoms with Gasteiger partial charge in [-0.1, -0.05) is 6.07 Å². The number of carbonyl (C=O) groups is 2. The fourth-order valence-corrected chi connectivity index (χ4v) is 2.58. The summed E-state index contributed by atoms with van der Waals surface area (Å²) in [6.07, 6.45) is 0.570. The fourth-order valence-electron chi connectivity index (χ4n) is 2.58. The molecule has 0 spiro atoms. The molecule has 0 aliphatic carbocycles. The SMILES string of the molecule is C[C@@H](OC(=O)c1ccccn1)C(=O)Nc1ccc(N2CCOCC2)cc1. The van der Waals surface area contributed by atoms with E-state index in [0.717, 1.165) is 32.0 Å². The van der Waals surface area contributed by atoms with E-state index < -0.39 is 18.0 Å². The van der Waals surface area contributed by atoms with Crippen molar-refractivity contribution in [2.75, 3.05) is 36.5 Å². The highest BCUT2D eigenvalue weighted by Crippen LogP contribution is 2.19. The summed E-state index contributed by atoms with van der Waals surface area (Å²) in [6.45, 7) is 4.67. The predicted octanol–water partition coefficient (Wildman–Crippen LogP) is 2.10. The van der Waals surface area contributed by atoms with Crippen LogP contribution in [0.5, 0.6) is 0 Å². The van der Waals surface area contributed by atoms with E-state index in [4.69, 9.17) is 9.47 Å². The first-order valence-electron chi connectivity index (χ1n) is 8.49. The third kappa shape index (κ3) is 4.58. The van der Waals surface area contributed by atoms with Gasteiger partial charge in [0.05, 0.1) is 13.2 Å². The van der Waals surface area contributed by atoms with Gasteiger partial charge in [-0.05, 0) is 43.3 Å². The predicted molar refractivity (Wildman–Crippen MR) is 97.2 cm³/mol. The van der Waals surface area contributed by atoms with Crippen LogP contribution in [0.1, 0.15) is 17.4 Å². The van der Waals surface area contributed by atoms with Crippen LogP contribution in [0.2, 0.25) is 0 Å². The minimum absolute atomic E-state index is 0.169. The first kappa shape index (κ1) is 17.9. The molecule has 26 heavy (non-hydrogen) atoms. The van der Waals surface area contributed by atoms with Gasteiger partial charge in [0.15, 0.2) is 6.10 Å². The van der Waals surface area contributed by atoms with Crippen LogP contribution in [0.15, 0.2) is 48.7 Å². The summed E-state index contributed by atoms with van der Waals surface area (Å²) in [5, 5.41) is 2.75. The van der Waals surface area contributed by atoms with Gasteiger partial charge in [-0.25, -0.2) is 9.78 Å². The zero-order valence-corrected chi connectivity index (χ0v) is 14.6. The Morgan fingerprint density at radius 1 is 1.15 bits per heavy atom. The molecule has 136 valence electrons. The maximum absolute atomic E-state index is 12.2. The van der Waals surface area contributed by atoms with E-state index in [-0.39, 0.29) is 5.69 Å². The van der Waals surface area contributed by atoms with Gasteiger partial charge in [0.25, 0.3) is 5.91 Å². The number of hydrogen-bond donors (Lipinski definition) is 1. The standard InChI is InChI=1S/C19H21N3O4/c1-14(26-19(24)17-4-2-3-9-20-17)18(23)21-15-5-7-16(8-6-15)22-10-12-25-13-11-22/h2-9,14H,10-13H2,1H3,(H,21,23)/t14-/m1/s1. The van der Waals surface area contributed by atoms with Crippen molar-refractivity contribution in [1.29, 1.82) is 0 Å². The van der Waals surface area contributed by atoms with Crippen LogP contribution in [-0.2, 0) is 14.3 Å². The number of nitrogens with one attached hydrogen (secondary N) is 1. The smallest absolute Gasteiger partial charge is 0.357 e. The largest absolute Gasteiger partial charge is 0.448 e. The number of pyridine rings is 1. The number of anilines is 2. The third-order valence-electron chi connectivity index (χ3n) is 4.04. The van der Waals surface area contributed by atoms with Crippen molar-refractivity contribution in [3.8, 4) is 0 Å². The Morgan fingerprint density at radius 3 is 2.54 bits per heavy atom. The minimum atomic E-state index is -0.927. The van der Waals surface area contributed by atoms with Gasteiger partial charge in [-0.15, -0.1) is 0 Å². The Kier molecular flexibility index (Phi) is 5.80. The summed E-state index contributed by atoms with van der Waals surface area (Å²) in [7, 11) is 0. The van der Waals surface area contributed by atoms with Crippen LogP contribution in [0, 0.1) is 0 Å². The topological polar surface area (TPSA) is 80.8 Å². The third-order valence-corrected chi connectivity index (χ3v) is 4.04. The van der Waals surface area contributed by atoms with Gasteiger partial charge < -0.3 is 19.7 Å². The highest BCUT2D eigenvalue weighted by Gasteiger charge is 2.20. The van der Waals surface area contributed by atoms with Gasteiger partial charge in [0, 0.05) is 30.7 Å². The second-order valence-electron chi connectivity index (χ2n) is 5.90. The summed E-state index contributed by atoms with van der Waals surface area (Å²) in [6, 6.07) is 12.5. The maximum atomic E-state index is 12.2. The molecule has 2 aromatic rings. The van der Waals surface area contributed by atoms with E-state index in [1.54, 1.807) is 12.1 Å². The van der Waals surface area contributed by atoms with E-state index in [9.17, 15) is 9.59 Å². The van der Waals surface area contributed by atoms with Crippen LogP contribution in [-0.4, -0.2) is 49.3 Å². The number of benzene rings is 1. The second kappa shape index (κ2) is 8.44. The average molecular weight is 355 g/mol. The molecule has 1 aliphatic rings. The highest BCUT2D eigenvalue weighted by atomic mass is 16.5. The monoisotopic (exact) mass is 355 g/mol. The Morgan fingerprint density at radius 2 is 1.88 bits per heavy atom. The van der Waals surface area contributed by atoms with Gasteiger partial charge in [-0.2, -0.15) is 0 Å². The summed E-state index contributed by atoms with van der Waals surface area (Å²) in [4.78, 5) is 30.3. The Balaban J connectivity index is 1.54. The number of carbonyl (C=O) groups excluding carboxylic acids is 2. The molecule has 1 saturated heterocycles. The number of nitrogens with zero attached hydrogens (tertiary/aromatic N) is 2. The molecular weight excluding hydrogens is 334 g/mol. The normalized spacial score (nSPS) is 15.2. The molecule has 2 heterocycles. The molecule has 1 amide bonds. The number of hydrogen-bond acceptors (Lipinski definition) is 6. The Hall–Kier alpha value is -2.93. The van der Waals surface area contributed by atoms with Gasteiger partial charge in [-0.3, -0.25) is 4.79 Å². The van der Waals surface area contributed by atoms with Crippen molar-refractivity contribution in [1.82, 2.24) is 4.98 Å². The average Bonchev–Trinajstić information content (AvgIpc) is 2.70. The Bertz CT molecular complexity index is 743. The Labute approximate surface area is 151 Å². The van der Waals surface area contributed by atoms with Crippen molar-refractivity contribution < 1.29 is 19.1 Å². The molecule has 7 nitrogen and oxygen atoms in total. The van der Waals surface area contributed by atoms with Crippen LogP contribution in [0.4, 0.5) is 11.4 Å². The molecule has 1 fully saturated rings. The van der Waals surface area contributed by atoms with Crippen LogP contribution in [0.25, 0.3) is 0 Å². The summed E-state index contributed by atoms with van der Waals surface area (Å²) in [5.41, 5.74) is 1.90. The van der Waals surface area contributed by atoms with Crippen molar-refractivity contribution in [2.45, 2.75) is 13.0 Å². The summed E-state index contributed by atoms with van der Waals surface area (Å²) >= 11 is 0. The molecule has 0 bridgehead atoms. The fraction of sp³-hybridized carbons (Fsp3) is 0.316. The van der Waals surface area contributed by atoms with Crippen molar-refractivity contribution in [3.05, 3.63) is 54.4 Å². The maximum Gasteiger partial charge on any atom is 0.357 e. The van der Waals surface area contributed by atoms with Crippen LogP contribution < -0.4 is 10.2 Å². The van der Waals surface area contributed by atoms with Crippen molar-refractivity contribution in [3.63, 3.8) is 0 Å². The highest BCUT2D eigenvalue weighted by molar-refractivity contribution is 5.96. The van der Waals surface area contributed by atoms with Gasteiger partial charge >= 0.3 is 5.97 Å². The molecule has 0 saturated carbocycles. The molecule has 1 atom stereocenters. The molecule has 0 unspecified atom stereocenters. The molecule has 7 heteroatoms. The van der Waals surface area contributed by atoms with Crippen LogP contribution in [0.3, 0.4) is 0 Å². The first-order chi connectivity index (χ1) is 12.6. The van der Waals surface area contributed by atoms with E-state index in [0.29, 0.717) is 5.69 Å². The number of esters is 1. The van der Waals surface area contributed by atoms with Gasteiger partial charge in [0.1, 0.15) is 5.69 Å². The minimum Gasteiger partial charge on any atom is -0.448 e. The van der Waals surface area contributed by atoms with E-state index in [1.807, 2.05) is 24.3 Å². The summed E-state index contributed by atoms with van der Waals surface area (Å²) < 4.78 is 10.5. The number of ether oxygens (including phenoxy) is 2. The van der Waals surface area contributed by atoms with Crippen molar-refractivity contribution in [2.24, 2.45) is 0 Å². The van der Waals surface area contributed by atoms with Crippen molar-refractivity contribution >= 4 is 23.3 Å². The number of morpholine rings is 1. The lowest BCUT2D eigenvalue weighted by atomic mass is 10.2. The van der Waals surface area contributed by atoms with E-state index in [2.05, 4.69) is 15.2 Å². The lowest BCUT2D eigenvalue weighted by Crippen LogP contribution is -2.36. The molecule has 1 aliphatic heterocycles. The van der Waals surface area contributed by atoms with E-state index >= 15 is 0 Å².